The highest BCUT2D eigenvalue weighted by atomic mass is 32.2. The number of hydrogen-bond acceptors (Lipinski definition) is 4. The van der Waals surface area contributed by atoms with Crippen LogP contribution in [0.3, 0.4) is 0 Å². The van der Waals surface area contributed by atoms with E-state index in [1.54, 1.807) is 0 Å². The van der Waals surface area contributed by atoms with Gasteiger partial charge < -0.3 is 11.1 Å². The van der Waals surface area contributed by atoms with E-state index in [0.717, 1.165) is 28.7 Å². The Kier molecular flexibility index (Phi) is 4.91. The van der Waals surface area contributed by atoms with Crippen LogP contribution in [0.25, 0.3) is 10.9 Å². The van der Waals surface area contributed by atoms with Crippen LogP contribution in [0, 0.1) is 0 Å². The molecule has 0 aliphatic heterocycles. The minimum absolute atomic E-state index is 0.450. The number of hydrogen-bond donors (Lipinski definition) is 2. The molecule has 1 atom stereocenters. The summed E-state index contributed by atoms with van der Waals surface area (Å²) < 4.78 is 0. The van der Waals surface area contributed by atoms with Crippen LogP contribution in [-0.4, -0.2) is 22.5 Å². The first-order chi connectivity index (χ1) is 9.22. The average molecular weight is 275 g/mol. The fourth-order valence-corrected chi connectivity index (χ4v) is 2.88. The van der Waals surface area contributed by atoms with Crippen molar-refractivity contribution in [3.8, 4) is 0 Å². The molecule has 2 aromatic rings. The monoisotopic (exact) mass is 275 g/mol. The Morgan fingerprint density at radius 3 is 3.00 bits per heavy atom. The first kappa shape index (κ1) is 14.0. The van der Waals surface area contributed by atoms with Crippen LogP contribution in [0.15, 0.2) is 30.5 Å². The third kappa shape index (κ3) is 3.53. The van der Waals surface area contributed by atoms with E-state index in [0.29, 0.717) is 6.04 Å². The summed E-state index contributed by atoms with van der Waals surface area (Å²) in [5, 5.41) is 4.66. The molecule has 1 aromatic carbocycles. The number of thioether (sulfide) groups is 1. The van der Waals surface area contributed by atoms with Gasteiger partial charge in [-0.25, -0.2) is 0 Å². The van der Waals surface area contributed by atoms with E-state index in [4.69, 9.17) is 5.73 Å². The molecule has 102 valence electrons. The molecule has 3 nitrogen and oxygen atoms in total. The summed E-state index contributed by atoms with van der Waals surface area (Å²) in [6, 6.07) is 8.40. The predicted molar refractivity (Wildman–Crippen MR) is 86.9 cm³/mol. The first-order valence-electron chi connectivity index (χ1n) is 6.70. The Balaban J connectivity index is 2.14. The lowest BCUT2D eigenvalue weighted by molar-refractivity contribution is 0.772. The van der Waals surface area contributed by atoms with Gasteiger partial charge in [0.1, 0.15) is 0 Å². The molecule has 0 spiro atoms. The lowest BCUT2D eigenvalue weighted by Crippen LogP contribution is -2.16. The largest absolute Gasteiger partial charge is 0.397 e. The number of nitrogen functional groups attached to an aromatic ring is 1. The van der Waals surface area contributed by atoms with Gasteiger partial charge in [0.25, 0.3) is 0 Å². The van der Waals surface area contributed by atoms with E-state index in [2.05, 4.69) is 30.2 Å². The molecule has 1 unspecified atom stereocenters. The standard InChI is InChI=1S/C15H21N3S/c1-3-19-10-8-11(2)18-14-7-9-17-15-12(14)5-4-6-13(15)16/h4-7,9,11H,3,8,10,16H2,1-2H3,(H,17,18). The summed E-state index contributed by atoms with van der Waals surface area (Å²) in [5.74, 6) is 2.37. The molecule has 0 bridgehead atoms. The van der Waals surface area contributed by atoms with Crippen molar-refractivity contribution in [2.24, 2.45) is 0 Å². The Morgan fingerprint density at radius 1 is 1.37 bits per heavy atom. The highest BCUT2D eigenvalue weighted by Crippen LogP contribution is 2.26. The topological polar surface area (TPSA) is 50.9 Å². The van der Waals surface area contributed by atoms with Crippen LogP contribution in [0.5, 0.6) is 0 Å². The molecule has 3 N–H and O–H groups in total. The molecule has 19 heavy (non-hydrogen) atoms. The zero-order valence-corrected chi connectivity index (χ0v) is 12.3. The Hall–Kier alpha value is -1.42. The quantitative estimate of drug-likeness (QED) is 0.622. The zero-order valence-electron chi connectivity index (χ0n) is 11.5. The average Bonchev–Trinajstić information content (AvgIpc) is 2.40. The number of nitrogens with zero attached hydrogens (tertiary/aromatic N) is 1. The molecule has 2 rings (SSSR count). The molecule has 0 fully saturated rings. The van der Waals surface area contributed by atoms with Crippen molar-refractivity contribution in [1.29, 1.82) is 0 Å². The van der Waals surface area contributed by atoms with Crippen molar-refractivity contribution < 1.29 is 0 Å². The summed E-state index contributed by atoms with van der Waals surface area (Å²) in [6.07, 6.45) is 2.97. The number of benzene rings is 1. The molecule has 0 aliphatic carbocycles. The highest BCUT2D eigenvalue weighted by molar-refractivity contribution is 7.99. The molecule has 0 radical (unpaired) electrons. The normalized spacial score (nSPS) is 12.5. The lowest BCUT2D eigenvalue weighted by atomic mass is 10.1. The van der Waals surface area contributed by atoms with E-state index in [1.807, 2.05) is 36.2 Å². The van der Waals surface area contributed by atoms with Gasteiger partial charge in [0.2, 0.25) is 0 Å². The van der Waals surface area contributed by atoms with Gasteiger partial charge >= 0.3 is 0 Å². The number of nitrogens with two attached hydrogens (primary N) is 1. The van der Waals surface area contributed by atoms with Gasteiger partial charge in [0.05, 0.1) is 11.2 Å². The number of aromatic nitrogens is 1. The van der Waals surface area contributed by atoms with Crippen molar-refractivity contribution in [1.82, 2.24) is 4.98 Å². The maximum atomic E-state index is 5.96. The molecule has 0 aliphatic rings. The molecule has 1 aromatic heterocycles. The SMILES string of the molecule is CCSCCC(C)Nc1ccnc2c(N)cccc12. The predicted octanol–water partition coefficient (Wildman–Crippen LogP) is 3.76. The van der Waals surface area contributed by atoms with Crippen LogP contribution in [0.2, 0.25) is 0 Å². The van der Waals surface area contributed by atoms with Gasteiger partial charge in [-0.1, -0.05) is 19.1 Å². The second-order valence-corrected chi connectivity index (χ2v) is 6.03. The highest BCUT2D eigenvalue weighted by Gasteiger charge is 2.07. The smallest absolute Gasteiger partial charge is 0.0951 e. The Labute approximate surface area is 119 Å². The van der Waals surface area contributed by atoms with Crippen molar-refractivity contribution in [2.45, 2.75) is 26.3 Å². The van der Waals surface area contributed by atoms with E-state index in [1.165, 1.54) is 11.5 Å². The van der Waals surface area contributed by atoms with Crippen LogP contribution >= 0.6 is 11.8 Å². The number of rotatable bonds is 6. The molecule has 1 heterocycles. The van der Waals surface area contributed by atoms with Crippen LogP contribution in [-0.2, 0) is 0 Å². The maximum absolute atomic E-state index is 5.96. The van der Waals surface area contributed by atoms with Crippen LogP contribution in [0.4, 0.5) is 11.4 Å². The lowest BCUT2D eigenvalue weighted by Gasteiger charge is -2.16. The molecule has 0 saturated carbocycles. The number of anilines is 2. The Morgan fingerprint density at radius 2 is 2.21 bits per heavy atom. The third-order valence-corrected chi connectivity index (χ3v) is 4.04. The number of para-hydroxylation sites is 1. The summed E-state index contributed by atoms with van der Waals surface area (Å²) in [7, 11) is 0. The van der Waals surface area contributed by atoms with E-state index < -0.39 is 0 Å². The third-order valence-electron chi connectivity index (χ3n) is 3.10. The van der Waals surface area contributed by atoms with E-state index >= 15 is 0 Å². The molecule has 0 amide bonds. The molecule has 4 heteroatoms. The number of nitrogens with one attached hydrogen (secondary N) is 1. The summed E-state index contributed by atoms with van der Waals surface area (Å²) in [6.45, 7) is 4.41. The molecular weight excluding hydrogens is 254 g/mol. The van der Waals surface area contributed by atoms with Crippen LogP contribution in [0.1, 0.15) is 20.3 Å². The van der Waals surface area contributed by atoms with Gasteiger partial charge in [-0.15, -0.1) is 0 Å². The fourth-order valence-electron chi connectivity index (χ4n) is 2.07. The summed E-state index contributed by atoms with van der Waals surface area (Å²) in [4.78, 5) is 4.35. The first-order valence-corrected chi connectivity index (χ1v) is 7.85. The minimum atomic E-state index is 0.450. The number of pyridine rings is 1. The molecule has 0 saturated heterocycles. The van der Waals surface area contributed by atoms with Gasteiger partial charge in [0, 0.05) is 23.3 Å². The van der Waals surface area contributed by atoms with Crippen LogP contribution < -0.4 is 11.1 Å². The number of fused-ring (bicyclic) bond motifs is 1. The van der Waals surface area contributed by atoms with Crippen molar-refractivity contribution in [3.05, 3.63) is 30.5 Å². The van der Waals surface area contributed by atoms with Crippen molar-refractivity contribution in [3.63, 3.8) is 0 Å². The summed E-state index contributed by atoms with van der Waals surface area (Å²) >= 11 is 1.98. The zero-order chi connectivity index (χ0) is 13.7. The second kappa shape index (κ2) is 6.66. The van der Waals surface area contributed by atoms with Gasteiger partial charge in [-0.05, 0) is 37.0 Å². The van der Waals surface area contributed by atoms with Gasteiger partial charge in [0.15, 0.2) is 0 Å². The van der Waals surface area contributed by atoms with E-state index in [9.17, 15) is 0 Å². The minimum Gasteiger partial charge on any atom is -0.397 e. The maximum Gasteiger partial charge on any atom is 0.0951 e. The fraction of sp³-hybridized carbons (Fsp3) is 0.400. The summed E-state index contributed by atoms with van der Waals surface area (Å²) in [5.41, 5.74) is 8.69. The van der Waals surface area contributed by atoms with Crippen molar-refractivity contribution in [2.75, 3.05) is 22.6 Å². The van der Waals surface area contributed by atoms with Gasteiger partial charge in [-0.3, -0.25) is 4.98 Å². The second-order valence-electron chi connectivity index (χ2n) is 4.63. The van der Waals surface area contributed by atoms with Gasteiger partial charge in [-0.2, -0.15) is 11.8 Å². The van der Waals surface area contributed by atoms with Crippen molar-refractivity contribution >= 4 is 34.0 Å². The Bertz CT molecular complexity index is 542. The molecular formula is C15H21N3S. The van der Waals surface area contributed by atoms with E-state index in [-0.39, 0.29) is 0 Å².